The Kier molecular flexibility index (Phi) is 18.8. The van der Waals surface area contributed by atoms with E-state index in [0.717, 1.165) is 11.8 Å². The van der Waals surface area contributed by atoms with Gasteiger partial charge in [-0.15, -0.1) is 0 Å². The van der Waals surface area contributed by atoms with Gasteiger partial charge in [-0.05, 0) is 49.8 Å². The normalized spacial score (nSPS) is 13.2. The molecule has 17 nitrogen and oxygen atoms in total. The first-order valence-corrected chi connectivity index (χ1v) is 16.7. The van der Waals surface area contributed by atoms with Gasteiger partial charge in [0.05, 0.1) is 6.54 Å². The molecule has 1 rings (SSSR count). The fourth-order valence-electron chi connectivity index (χ4n) is 4.35. The van der Waals surface area contributed by atoms with Crippen LogP contribution in [0.2, 0.25) is 0 Å². The summed E-state index contributed by atoms with van der Waals surface area (Å²) < 4.78 is 0. The zero-order chi connectivity index (χ0) is 37.1. The van der Waals surface area contributed by atoms with Crippen LogP contribution in [0.1, 0.15) is 58.9 Å². The summed E-state index contributed by atoms with van der Waals surface area (Å²) in [5, 5.41) is 22.2. The molecule has 6 amide bonds. The highest BCUT2D eigenvalue weighted by atomic mass is 32.2. The predicted octanol–water partition coefficient (Wildman–Crippen LogP) is -1.74. The molecule has 0 unspecified atom stereocenters. The maximum atomic E-state index is 13.7. The van der Waals surface area contributed by atoms with Gasteiger partial charge in [0.2, 0.25) is 40.6 Å². The molecule has 0 spiro atoms. The number of phenolic OH excluding ortho intramolecular Hbond substituents is 1. The van der Waals surface area contributed by atoms with Gasteiger partial charge in [-0.25, -0.2) is 0 Å². The standard InChI is InChI=1S/C31H49N9O8S/c1-17(2)14-23(38-19(4)41)29(47)40-24(15-20-7-9-21(42)10-8-20)30(48)39-22(6-5-12-35-31(33)34)28(46)37-18(3)27(45)36-16-26(44)49-13-11-25(32)43/h7-10,17-18,22-24,42H,5-6,11-16H2,1-4H3,(H2,32,43)(H,36,45)(H,37,46)(H,38,41)(H,39,48)(H,40,47)(H4,33,34,35)/t18-,22-,23-,24-/m0/s1. The van der Waals surface area contributed by atoms with Gasteiger partial charge in [-0.2, -0.15) is 0 Å². The van der Waals surface area contributed by atoms with Crippen molar-refractivity contribution in [3.05, 3.63) is 29.8 Å². The smallest absolute Gasteiger partial charge is 0.243 e. The number of aromatic hydroxyl groups is 1. The van der Waals surface area contributed by atoms with Gasteiger partial charge in [-0.3, -0.25) is 38.6 Å². The zero-order valence-corrected chi connectivity index (χ0v) is 29.1. The molecule has 0 heterocycles. The number of carbonyl (C=O) groups is 7. The van der Waals surface area contributed by atoms with E-state index < -0.39 is 64.7 Å². The topological polar surface area (TPSA) is 290 Å². The molecule has 0 aliphatic carbocycles. The third-order valence-electron chi connectivity index (χ3n) is 6.76. The fraction of sp³-hybridized carbons (Fsp3) is 0.548. The average molecular weight is 708 g/mol. The van der Waals surface area contributed by atoms with E-state index in [1.54, 1.807) is 12.1 Å². The van der Waals surface area contributed by atoms with Crippen LogP contribution in [-0.2, 0) is 40.0 Å². The van der Waals surface area contributed by atoms with Crippen molar-refractivity contribution in [3.63, 3.8) is 0 Å². The number of nitrogens with zero attached hydrogens (tertiary/aromatic N) is 1. The maximum Gasteiger partial charge on any atom is 0.243 e. The number of carbonyl (C=O) groups excluding carboxylic acids is 7. The molecule has 4 atom stereocenters. The number of primary amides is 1. The van der Waals surface area contributed by atoms with Crippen molar-refractivity contribution in [2.45, 2.75) is 84.0 Å². The third kappa shape index (κ3) is 18.3. The van der Waals surface area contributed by atoms with Gasteiger partial charge in [0.25, 0.3) is 0 Å². The first-order chi connectivity index (χ1) is 23.0. The Morgan fingerprint density at radius 1 is 0.816 bits per heavy atom. The first-order valence-electron chi connectivity index (χ1n) is 15.7. The first kappa shape index (κ1) is 42.2. The van der Waals surface area contributed by atoms with E-state index in [9.17, 15) is 38.7 Å². The average Bonchev–Trinajstić information content (AvgIpc) is 3.00. The van der Waals surface area contributed by atoms with Crippen LogP contribution < -0.4 is 43.8 Å². The van der Waals surface area contributed by atoms with Crippen LogP contribution >= 0.6 is 11.8 Å². The number of aliphatic imine (C=N–C) groups is 1. The Balaban J connectivity index is 3.16. The summed E-state index contributed by atoms with van der Waals surface area (Å²) in [5.41, 5.74) is 16.4. The molecule has 1 aromatic rings. The summed E-state index contributed by atoms with van der Waals surface area (Å²) in [4.78, 5) is 91.7. The molecule has 0 saturated heterocycles. The third-order valence-corrected chi connectivity index (χ3v) is 7.63. The number of thioether (sulfide) groups is 1. The Hall–Kier alpha value is -4.87. The number of nitrogens with two attached hydrogens (primary N) is 3. The number of hydrogen-bond acceptors (Lipinski definition) is 10. The number of hydrogen-bond donors (Lipinski definition) is 9. The number of amides is 6. The van der Waals surface area contributed by atoms with E-state index >= 15 is 0 Å². The highest BCUT2D eigenvalue weighted by molar-refractivity contribution is 8.13. The Bertz CT molecular complexity index is 1340. The Morgan fingerprint density at radius 2 is 1.41 bits per heavy atom. The quantitative estimate of drug-likeness (QED) is 0.0393. The Labute approximate surface area is 289 Å². The second-order valence-electron chi connectivity index (χ2n) is 11.7. The van der Waals surface area contributed by atoms with Crippen LogP contribution in [0.3, 0.4) is 0 Å². The SMILES string of the molecule is CC(=O)N[C@@H](CC(C)C)C(=O)N[C@@H](Cc1ccc(O)cc1)C(=O)N[C@@H](CCCN=C(N)N)C(=O)N[C@@H](C)C(=O)NCC(=O)SCCC(N)=O. The highest BCUT2D eigenvalue weighted by Gasteiger charge is 2.31. The summed E-state index contributed by atoms with van der Waals surface area (Å²) in [6.45, 7) is 6.20. The minimum absolute atomic E-state index is 0.000410. The van der Waals surface area contributed by atoms with Crippen LogP contribution in [0.5, 0.6) is 5.75 Å². The molecule has 49 heavy (non-hydrogen) atoms. The number of nitrogens with one attached hydrogen (secondary N) is 5. The minimum atomic E-state index is -1.22. The molecule has 0 radical (unpaired) electrons. The summed E-state index contributed by atoms with van der Waals surface area (Å²) in [6.07, 6.45) is 0.563. The van der Waals surface area contributed by atoms with Crippen LogP contribution in [0.25, 0.3) is 0 Å². The van der Waals surface area contributed by atoms with E-state index in [4.69, 9.17) is 17.2 Å². The second-order valence-corrected chi connectivity index (χ2v) is 12.9. The molecule has 12 N–H and O–H groups in total. The zero-order valence-electron chi connectivity index (χ0n) is 28.2. The van der Waals surface area contributed by atoms with Crippen molar-refractivity contribution in [2.75, 3.05) is 18.8 Å². The van der Waals surface area contributed by atoms with Gasteiger partial charge < -0.3 is 48.9 Å². The molecular formula is C31H49N9O8S. The van der Waals surface area contributed by atoms with E-state index in [1.165, 1.54) is 26.0 Å². The summed E-state index contributed by atoms with van der Waals surface area (Å²) in [5.74, 6) is -3.70. The van der Waals surface area contributed by atoms with Gasteiger partial charge in [-0.1, -0.05) is 37.7 Å². The lowest BCUT2D eigenvalue weighted by Gasteiger charge is -2.26. The fourth-order valence-corrected chi connectivity index (χ4v) is 5.06. The summed E-state index contributed by atoms with van der Waals surface area (Å²) in [7, 11) is 0. The molecule has 1 aromatic carbocycles. The molecule has 0 saturated carbocycles. The monoisotopic (exact) mass is 707 g/mol. The molecule has 0 aliphatic heterocycles. The van der Waals surface area contributed by atoms with Gasteiger partial charge in [0, 0.05) is 32.1 Å². The van der Waals surface area contributed by atoms with Crippen LogP contribution in [0.4, 0.5) is 0 Å². The molecule has 272 valence electrons. The van der Waals surface area contributed by atoms with Crippen molar-refractivity contribution in [3.8, 4) is 5.75 Å². The van der Waals surface area contributed by atoms with Crippen molar-refractivity contribution in [1.29, 1.82) is 0 Å². The summed E-state index contributed by atoms with van der Waals surface area (Å²) >= 11 is 0.832. The molecule has 0 fully saturated rings. The van der Waals surface area contributed by atoms with Gasteiger partial charge >= 0.3 is 0 Å². The second kappa shape index (κ2) is 21.9. The Morgan fingerprint density at radius 3 is 1.98 bits per heavy atom. The van der Waals surface area contributed by atoms with Crippen LogP contribution in [-0.4, -0.2) is 94.6 Å². The highest BCUT2D eigenvalue weighted by Crippen LogP contribution is 2.13. The number of phenols is 1. The molecule has 0 aliphatic rings. The minimum Gasteiger partial charge on any atom is -0.508 e. The van der Waals surface area contributed by atoms with Crippen LogP contribution in [0, 0.1) is 5.92 Å². The molecular weight excluding hydrogens is 658 g/mol. The van der Waals surface area contributed by atoms with Gasteiger partial charge in [0.1, 0.15) is 29.9 Å². The lowest BCUT2D eigenvalue weighted by Crippen LogP contribution is -2.58. The molecule has 18 heteroatoms. The molecule has 0 bridgehead atoms. The number of rotatable bonds is 21. The molecule has 0 aromatic heterocycles. The summed E-state index contributed by atoms with van der Waals surface area (Å²) in [6, 6.07) is 1.52. The maximum absolute atomic E-state index is 13.7. The van der Waals surface area contributed by atoms with Crippen molar-refractivity contribution < 1.29 is 38.7 Å². The van der Waals surface area contributed by atoms with Crippen LogP contribution in [0.15, 0.2) is 29.3 Å². The van der Waals surface area contributed by atoms with Gasteiger partial charge in [0.15, 0.2) is 5.96 Å². The number of guanidine groups is 1. The van der Waals surface area contributed by atoms with E-state index in [1.807, 2.05) is 13.8 Å². The van der Waals surface area contributed by atoms with E-state index in [2.05, 4.69) is 31.6 Å². The predicted molar refractivity (Wildman–Crippen MR) is 185 cm³/mol. The van der Waals surface area contributed by atoms with Crippen molar-refractivity contribution in [2.24, 2.45) is 28.1 Å². The lowest BCUT2D eigenvalue weighted by atomic mass is 10.0. The lowest BCUT2D eigenvalue weighted by molar-refractivity contribution is -0.134. The largest absolute Gasteiger partial charge is 0.508 e. The van der Waals surface area contributed by atoms with E-state index in [-0.39, 0.29) is 62.2 Å². The van der Waals surface area contributed by atoms with Crippen molar-refractivity contribution in [1.82, 2.24) is 26.6 Å². The number of benzene rings is 1. The van der Waals surface area contributed by atoms with Crippen molar-refractivity contribution >= 4 is 58.3 Å². The van der Waals surface area contributed by atoms with E-state index in [0.29, 0.717) is 12.0 Å².